The van der Waals surface area contributed by atoms with Crippen molar-refractivity contribution in [1.29, 1.82) is 0 Å². The van der Waals surface area contributed by atoms with E-state index in [2.05, 4.69) is 15.8 Å². The van der Waals surface area contributed by atoms with Crippen molar-refractivity contribution in [3.05, 3.63) is 46.7 Å². The van der Waals surface area contributed by atoms with Gasteiger partial charge in [0.05, 0.1) is 0 Å². The summed E-state index contributed by atoms with van der Waals surface area (Å²) in [4.78, 5) is 24.8. The average molecular weight is 350 g/mol. The molecule has 2 amide bonds. The number of hydrogen-bond acceptors (Lipinski definition) is 4. The van der Waals surface area contributed by atoms with Crippen molar-refractivity contribution in [1.82, 2.24) is 10.5 Å². The van der Waals surface area contributed by atoms with Gasteiger partial charge in [-0.25, -0.2) is 0 Å². The van der Waals surface area contributed by atoms with Crippen molar-refractivity contribution in [2.75, 3.05) is 5.32 Å². The quantitative estimate of drug-likeness (QED) is 0.836. The normalized spacial score (nSPS) is 12.0. The fraction of sp³-hybridized carbons (Fsp3) is 0.353. The highest BCUT2D eigenvalue weighted by Gasteiger charge is 2.23. The van der Waals surface area contributed by atoms with Crippen LogP contribution < -0.4 is 10.6 Å². The molecule has 0 aliphatic rings. The second kappa shape index (κ2) is 7.97. The first kappa shape index (κ1) is 18.0. The van der Waals surface area contributed by atoms with E-state index < -0.39 is 6.04 Å². The lowest BCUT2D eigenvalue weighted by atomic mass is 10.0. The summed E-state index contributed by atoms with van der Waals surface area (Å²) in [5.74, 6) is 0.443. The third-order valence-electron chi connectivity index (χ3n) is 3.29. The van der Waals surface area contributed by atoms with E-state index in [0.717, 1.165) is 0 Å². The van der Waals surface area contributed by atoms with Gasteiger partial charge in [0.25, 0.3) is 5.91 Å². The minimum atomic E-state index is -0.687. The first-order chi connectivity index (χ1) is 11.3. The number of amides is 2. The molecule has 7 heteroatoms. The SMILES string of the molecule is Cc1cc(NC(=O)[C@@H](CC(C)C)NC(=O)c2cccc(Cl)c2)no1. The monoisotopic (exact) mass is 349 g/mol. The van der Waals surface area contributed by atoms with Gasteiger partial charge in [-0.15, -0.1) is 0 Å². The molecular formula is C17H20ClN3O3. The Bertz CT molecular complexity index is 727. The maximum Gasteiger partial charge on any atom is 0.251 e. The first-order valence-corrected chi connectivity index (χ1v) is 8.03. The number of aryl methyl sites for hydroxylation is 1. The molecule has 0 fully saturated rings. The predicted molar refractivity (Wildman–Crippen MR) is 92.0 cm³/mol. The summed E-state index contributed by atoms with van der Waals surface area (Å²) in [6.45, 7) is 5.69. The number of hydrogen-bond donors (Lipinski definition) is 2. The van der Waals surface area contributed by atoms with Gasteiger partial charge < -0.3 is 15.2 Å². The number of halogens is 1. The number of nitrogens with one attached hydrogen (secondary N) is 2. The van der Waals surface area contributed by atoms with Crippen LogP contribution in [0.1, 0.15) is 36.4 Å². The van der Waals surface area contributed by atoms with Crippen LogP contribution in [0.25, 0.3) is 0 Å². The largest absolute Gasteiger partial charge is 0.360 e. The molecule has 0 spiro atoms. The molecule has 1 aromatic carbocycles. The van der Waals surface area contributed by atoms with E-state index in [1.165, 1.54) is 0 Å². The van der Waals surface area contributed by atoms with Gasteiger partial charge >= 0.3 is 0 Å². The van der Waals surface area contributed by atoms with Gasteiger partial charge in [0.1, 0.15) is 11.8 Å². The van der Waals surface area contributed by atoms with E-state index >= 15 is 0 Å². The molecule has 2 N–H and O–H groups in total. The lowest BCUT2D eigenvalue weighted by molar-refractivity contribution is -0.118. The smallest absolute Gasteiger partial charge is 0.251 e. The lowest BCUT2D eigenvalue weighted by Crippen LogP contribution is -2.44. The van der Waals surface area contributed by atoms with Crippen molar-refractivity contribution in [2.45, 2.75) is 33.2 Å². The third kappa shape index (κ3) is 5.09. The van der Waals surface area contributed by atoms with Crippen LogP contribution in [0.15, 0.2) is 34.9 Å². The van der Waals surface area contributed by atoms with Crippen LogP contribution in [-0.4, -0.2) is 23.0 Å². The Balaban J connectivity index is 2.09. The van der Waals surface area contributed by atoms with Gasteiger partial charge in [-0.1, -0.05) is 36.7 Å². The number of rotatable bonds is 6. The molecule has 0 bridgehead atoms. The molecular weight excluding hydrogens is 330 g/mol. The summed E-state index contributed by atoms with van der Waals surface area (Å²) < 4.78 is 4.92. The van der Waals surface area contributed by atoms with E-state index in [9.17, 15) is 9.59 Å². The maximum atomic E-state index is 12.5. The van der Waals surface area contributed by atoms with Crippen LogP contribution in [-0.2, 0) is 4.79 Å². The first-order valence-electron chi connectivity index (χ1n) is 7.65. The Labute approximate surface area is 145 Å². The van der Waals surface area contributed by atoms with Gasteiger partial charge in [-0.2, -0.15) is 0 Å². The van der Waals surface area contributed by atoms with Crippen LogP contribution in [0.5, 0.6) is 0 Å². The van der Waals surface area contributed by atoms with Crippen LogP contribution in [0.3, 0.4) is 0 Å². The summed E-state index contributed by atoms with van der Waals surface area (Å²) in [6, 6.07) is 7.50. The highest BCUT2D eigenvalue weighted by Crippen LogP contribution is 2.13. The maximum absolute atomic E-state index is 12.5. The van der Waals surface area contributed by atoms with Crippen molar-refractivity contribution in [2.24, 2.45) is 5.92 Å². The Morgan fingerprint density at radius 1 is 1.29 bits per heavy atom. The predicted octanol–water partition coefficient (Wildman–Crippen LogP) is 3.42. The molecule has 0 saturated heterocycles. The number of carbonyl (C=O) groups is 2. The summed E-state index contributed by atoms with van der Waals surface area (Å²) in [7, 11) is 0. The molecule has 0 saturated carbocycles. The zero-order valence-electron chi connectivity index (χ0n) is 13.8. The Kier molecular flexibility index (Phi) is 5.98. The third-order valence-corrected chi connectivity index (χ3v) is 3.53. The minimum absolute atomic E-state index is 0.222. The van der Waals surface area contributed by atoms with E-state index in [1.54, 1.807) is 37.3 Å². The van der Waals surface area contributed by atoms with E-state index in [0.29, 0.717) is 28.6 Å². The van der Waals surface area contributed by atoms with E-state index in [4.69, 9.17) is 16.1 Å². The summed E-state index contributed by atoms with van der Waals surface area (Å²) in [6.07, 6.45) is 0.495. The molecule has 128 valence electrons. The van der Waals surface area contributed by atoms with Crippen molar-refractivity contribution < 1.29 is 14.1 Å². The molecule has 6 nitrogen and oxygen atoms in total. The Morgan fingerprint density at radius 2 is 2.04 bits per heavy atom. The van der Waals surface area contributed by atoms with Crippen molar-refractivity contribution in [3.8, 4) is 0 Å². The van der Waals surface area contributed by atoms with Crippen LogP contribution in [0.4, 0.5) is 5.82 Å². The molecule has 1 atom stereocenters. The van der Waals surface area contributed by atoms with Gasteiger partial charge in [-0.05, 0) is 37.5 Å². The van der Waals surface area contributed by atoms with Crippen molar-refractivity contribution >= 4 is 29.2 Å². The number of carbonyl (C=O) groups excluding carboxylic acids is 2. The molecule has 0 aliphatic heterocycles. The van der Waals surface area contributed by atoms with E-state index in [1.807, 2.05) is 13.8 Å². The topological polar surface area (TPSA) is 84.2 Å². The average Bonchev–Trinajstić information content (AvgIpc) is 2.91. The van der Waals surface area contributed by atoms with E-state index in [-0.39, 0.29) is 17.7 Å². The molecule has 0 aliphatic carbocycles. The fourth-order valence-electron chi connectivity index (χ4n) is 2.21. The highest BCUT2D eigenvalue weighted by molar-refractivity contribution is 6.31. The molecule has 24 heavy (non-hydrogen) atoms. The van der Waals surface area contributed by atoms with Crippen LogP contribution >= 0.6 is 11.6 Å². The zero-order chi connectivity index (χ0) is 17.7. The van der Waals surface area contributed by atoms with Crippen LogP contribution in [0.2, 0.25) is 5.02 Å². The van der Waals surface area contributed by atoms with Gasteiger partial charge in [-0.3, -0.25) is 9.59 Å². The van der Waals surface area contributed by atoms with Crippen molar-refractivity contribution in [3.63, 3.8) is 0 Å². The molecule has 0 radical (unpaired) electrons. The molecule has 2 rings (SSSR count). The number of nitrogens with zero attached hydrogens (tertiary/aromatic N) is 1. The Morgan fingerprint density at radius 3 is 2.62 bits per heavy atom. The minimum Gasteiger partial charge on any atom is -0.360 e. The van der Waals surface area contributed by atoms with Gasteiger partial charge in [0.15, 0.2) is 5.82 Å². The summed E-state index contributed by atoms with van der Waals surface area (Å²) in [5.41, 5.74) is 0.404. The number of aromatic nitrogens is 1. The number of anilines is 1. The van der Waals surface area contributed by atoms with Crippen LogP contribution in [0, 0.1) is 12.8 Å². The fourth-order valence-corrected chi connectivity index (χ4v) is 2.40. The molecule has 1 heterocycles. The molecule has 1 aromatic heterocycles. The second-order valence-corrected chi connectivity index (χ2v) is 6.41. The Hall–Kier alpha value is -2.34. The highest BCUT2D eigenvalue weighted by atomic mass is 35.5. The summed E-state index contributed by atoms with van der Waals surface area (Å²) in [5, 5.41) is 9.60. The zero-order valence-corrected chi connectivity index (χ0v) is 14.6. The standard InChI is InChI=1S/C17H20ClN3O3/c1-10(2)7-14(17(23)20-15-8-11(3)24-21-15)19-16(22)12-5-4-6-13(18)9-12/h4-6,8-10,14H,7H2,1-3H3,(H,19,22)(H,20,21,23)/t14-/m1/s1. The molecule has 2 aromatic rings. The molecule has 0 unspecified atom stereocenters. The number of benzene rings is 1. The second-order valence-electron chi connectivity index (χ2n) is 5.98. The lowest BCUT2D eigenvalue weighted by Gasteiger charge is -2.19. The summed E-state index contributed by atoms with van der Waals surface area (Å²) >= 11 is 5.90. The van der Waals surface area contributed by atoms with Gasteiger partial charge in [0, 0.05) is 16.7 Å². The van der Waals surface area contributed by atoms with Gasteiger partial charge in [0.2, 0.25) is 5.91 Å².